The number of sulfonamides is 1. The highest BCUT2D eigenvalue weighted by Gasteiger charge is 2.35. The van der Waals surface area contributed by atoms with Gasteiger partial charge < -0.3 is 5.73 Å². The number of hydrogen-bond acceptors (Lipinski definition) is 3. The van der Waals surface area contributed by atoms with Crippen LogP contribution in [0.5, 0.6) is 0 Å². The molecule has 100 valence electrons. The number of nitrogens with two attached hydrogens (primary N) is 1. The van der Waals surface area contributed by atoms with E-state index in [0.29, 0.717) is 21.6 Å². The quantitative estimate of drug-likeness (QED) is 0.865. The number of hydrogen-bond donors (Lipinski definition) is 1. The molecule has 1 unspecified atom stereocenters. The lowest BCUT2D eigenvalue weighted by molar-refractivity contribution is 0.379. The second-order valence-electron chi connectivity index (χ2n) is 4.51. The molecule has 0 radical (unpaired) electrons. The standard InChI is InChI=1S/C12H17BrN2O2S/c1-2-10-4-3-7-15(10)18(16,17)12-6-5-9(14)8-11(12)13/h5-6,8,10H,2-4,7,14H2,1H3. The minimum absolute atomic E-state index is 0.124. The van der Waals surface area contributed by atoms with Gasteiger partial charge in [-0.1, -0.05) is 6.92 Å². The molecule has 1 aromatic rings. The maximum atomic E-state index is 12.6. The Balaban J connectivity index is 2.42. The zero-order chi connectivity index (χ0) is 13.3. The van der Waals surface area contributed by atoms with Crippen LogP contribution in [0.3, 0.4) is 0 Å². The van der Waals surface area contributed by atoms with E-state index in [2.05, 4.69) is 15.9 Å². The van der Waals surface area contributed by atoms with Crippen molar-refractivity contribution < 1.29 is 8.42 Å². The molecule has 1 fully saturated rings. The molecule has 1 heterocycles. The number of nitrogen functional groups attached to an aromatic ring is 1. The normalized spacial score (nSPS) is 21.3. The largest absolute Gasteiger partial charge is 0.399 e. The molecule has 18 heavy (non-hydrogen) atoms. The third kappa shape index (κ3) is 2.41. The monoisotopic (exact) mass is 332 g/mol. The molecular weight excluding hydrogens is 316 g/mol. The molecule has 1 atom stereocenters. The van der Waals surface area contributed by atoms with Crippen molar-refractivity contribution in [3.05, 3.63) is 22.7 Å². The molecule has 0 amide bonds. The molecule has 0 saturated carbocycles. The Hall–Kier alpha value is -0.590. The van der Waals surface area contributed by atoms with Crippen LogP contribution in [0, 0.1) is 0 Å². The van der Waals surface area contributed by atoms with Crippen molar-refractivity contribution >= 4 is 31.6 Å². The molecular formula is C12H17BrN2O2S. The number of anilines is 1. The summed E-state index contributed by atoms with van der Waals surface area (Å²) in [6, 6.07) is 4.94. The van der Waals surface area contributed by atoms with Gasteiger partial charge in [0, 0.05) is 22.7 Å². The highest BCUT2D eigenvalue weighted by Crippen LogP contribution is 2.32. The lowest BCUT2D eigenvalue weighted by Crippen LogP contribution is -2.35. The molecule has 0 aliphatic carbocycles. The molecule has 0 aromatic heterocycles. The molecule has 1 saturated heterocycles. The van der Waals surface area contributed by atoms with E-state index in [4.69, 9.17) is 5.73 Å². The summed E-state index contributed by atoms with van der Waals surface area (Å²) in [5, 5.41) is 0. The van der Waals surface area contributed by atoms with Crippen LogP contribution in [0.4, 0.5) is 5.69 Å². The molecule has 0 bridgehead atoms. The van der Waals surface area contributed by atoms with Crippen molar-refractivity contribution in [1.29, 1.82) is 0 Å². The van der Waals surface area contributed by atoms with Gasteiger partial charge in [0.1, 0.15) is 0 Å². The molecule has 2 N–H and O–H groups in total. The van der Waals surface area contributed by atoms with E-state index >= 15 is 0 Å². The molecule has 4 nitrogen and oxygen atoms in total. The van der Waals surface area contributed by atoms with Gasteiger partial charge in [0.05, 0.1) is 4.90 Å². The summed E-state index contributed by atoms with van der Waals surface area (Å²) >= 11 is 3.29. The first-order valence-corrected chi connectivity index (χ1v) is 8.27. The van der Waals surface area contributed by atoms with Crippen LogP contribution in [0.15, 0.2) is 27.6 Å². The van der Waals surface area contributed by atoms with E-state index in [0.717, 1.165) is 19.3 Å². The summed E-state index contributed by atoms with van der Waals surface area (Å²) in [5.74, 6) is 0. The summed E-state index contributed by atoms with van der Waals surface area (Å²) in [4.78, 5) is 0.303. The predicted molar refractivity (Wildman–Crippen MR) is 75.8 cm³/mol. The van der Waals surface area contributed by atoms with Gasteiger partial charge in [-0.2, -0.15) is 4.31 Å². The Bertz CT molecular complexity index is 545. The van der Waals surface area contributed by atoms with Crippen LogP contribution in [0.25, 0.3) is 0 Å². The lowest BCUT2D eigenvalue weighted by Gasteiger charge is -2.23. The topological polar surface area (TPSA) is 63.4 Å². The Kier molecular flexibility index (Phi) is 3.99. The van der Waals surface area contributed by atoms with Crippen molar-refractivity contribution in [3.8, 4) is 0 Å². The second-order valence-corrected chi connectivity index (χ2v) is 7.22. The molecule has 0 spiro atoms. The average Bonchev–Trinajstić information content (AvgIpc) is 2.76. The van der Waals surface area contributed by atoms with E-state index in [9.17, 15) is 8.42 Å². The summed E-state index contributed by atoms with van der Waals surface area (Å²) in [5.41, 5.74) is 6.19. The summed E-state index contributed by atoms with van der Waals surface area (Å²) in [6.07, 6.45) is 2.73. The zero-order valence-corrected chi connectivity index (χ0v) is 12.7. The van der Waals surface area contributed by atoms with Gasteiger partial charge in [0.2, 0.25) is 10.0 Å². The number of benzene rings is 1. The van der Waals surface area contributed by atoms with Crippen LogP contribution in [-0.2, 0) is 10.0 Å². The highest BCUT2D eigenvalue weighted by atomic mass is 79.9. The summed E-state index contributed by atoms with van der Waals surface area (Å²) in [7, 11) is -3.42. The Morgan fingerprint density at radius 2 is 2.22 bits per heavy atom. The molecule has 6 heteroatoms. The maximum absolute atomic E-state index is 12.6. The fraction of sp³-hybridized carbons (Fsp3) is 0.500. The van der Waals surface area contributed by atoms with Gasteiger partial charge in [-0.05, 0) is 53.4 Å². The van der Waals surface area contributed by atoms with E-state index < -0.39 is 10.0 Å². The number of nitrogens with zero attached hydrogens (tertiary/aromatic N) is 1. The highest BCUT2D eigenvalue weighted by molar-refractivity contribution is 9.10. The first-order valence-electron chi connectivity index (χ1n) is 6.03. The van der Waals surface area contributed by atoms with Gasteiger partial charge in [-0.3, -0.25) is 0 Å². The van der Waals surface area contributed by atoms with Gasteiger partial charge in [0.25, 0.3) is 0 Å². The fourth-order valence-corrected chi connectivity index (χ4v) is 5.21. The third-order valence-corrected chi connectivity index (χ3v) is 6.27. The van der Waals surface area contributed by atoms with Crippen LogP contribution >= 0.6 is 15.9 Å². The SMILES string of the molecule is CCC1CCCN1S(=O)(=O)c1ccc(N)cc1Br. The van der Waals surface area contributed by atoms with Gasteiger partial charge in [0.15, 0.2) is 0 Å². The predicted octanol–water partition coefficient (Wildman–Crippen LogP) is 2.59. The van der Waals surface area contributed by atoms with Crippen LogP contribution in [-0.4, -0.2) is 25.3 Å². The number of rotatable bonds is 3. The Morgan fingerprint density at radius 1 is 1.50 bits per heavy atom. The molecule has 1 aromatic carbocycles. The van der Waals surface area contributed by atoms with Crippen molar-refractivity contribution in [1.82, 2.24) is 4.31 Å². The van der Waals surface area contributed by atoms with Crippen molar-refractivity contribution in [2.24, 2.45) is 0 Å². The average molecular weight is 333 g/mol. The van der Waals surface area contributed by atoms with Crippen molar-refractivity contribution in [3.63, 3.8) is 0 Å². The van der Waals surface area contributed by atoms with Gasteiger partial charge in [-0.25, -0.2) is 8.42 Å². The van der Waals surface area contributed by atoms with E-state index in [1.165, 1.54) is 0 Å². The Morgan fingerprint density at radius 3 is 2.83 bits per heavy atom. The molecule has 2 rings (SSSR count). The van der Waals surface area contributed by atoms with Gasteiger partial charge in [-0.15, -0.1) is 0 Å². The van der Waals surface area contributed by atoms with E-state index in [1.54, 1.807) is 22.5 Å². The Labute approximate surface area is 116 Å². The number of halogens is 1. The van der Waals surface area contributed by atoms with E-state index in [1.807, 2.05) is 6.92 Å². The first-order chi connectivity index (χ1) is 8.46. The summed E-state index contributed by atoms with van der Waals surface area (Å²) in [6.45, 7) is 2.63. The third-order valence-electron chi connectivity index (χ3n) is 3.34. The smallest absolute Gasteiger partial charge is 0.244 e. The minimum Gasteiger partial charge on any atom is -0.399 e. The fourth-order valence-electron chi connectivity index (χ4n) is 2.39. The van der Waals surface area contributed by atoms with Crippen LogP contribution < -0.4 is 5.73 Å². The second kappa shape index (κ2) is 5.19. The first kappa shape index (κ1) is 13.8. The lowest BCUT2D eigenvalue weighted by atomic mass is 10.2. The molecule has 1 aliphatic rings. The van der Waals surface area contributed by atoms with Crippen molar-refractivity contribution in [2.75, 3.05) is 12.3 Å². The zero-order valence-electron chi connectivity index (χ0n) is 10.3. The molecule has 1 aliphatic heterocycles. The maximum Gasteiger partial charge on any atom is 0.244 e. The summed E-state index contributed by atoms with van der Waals surface area (Å²) < 4.78 is 27.3. The minimum atomic E-state index is -3.42. The van der Waals surface area contributed by atoms with Crippen LogP contribution in [0.2, 0.25) is 0 Å². The van der Waals surface area contributed by atoms with Gasteiger partial charge >= 0.3 is 0 Å². The van der Waals surface area contributed by atoms with E-state index in [-0.39, 0.29) is 6.04 Å². The van der Waals surface area contributed by atoms with Crippen molar-refractivity contribution in [2.45, 2.75) is 37.1 Å². The van der Waals surface area contributed by atoms with Crippen LogP contribution in [0.1, 0.15) is 26.2 Å².